The molecule has 3 N–H and O–H groups in total. The van der Waals surface area contributed by atoms with Gasteiger partial charge in [-0.25, -0.2) is 0 Å². The molecule has 0 saturated carbocycles. The molecule has 17 heavy (non-hydrogen) atoms. The molecule has 1 fully saturated rings. The molecule has 0 spiro atoms. The van der Waals surface area contributed by atoms with Gasteiger partial charge >= 0.3 is 5.97 Å². The molecule has 1 saturated heterocycles. The second-order valence-corrected chi connectivity index (χ2v) is 4.98. The Morgan fingerprint density at radius 3 is 2.59 bits per heavy atom. The molecule has 0 aromatic carbocycles. The number of nitrogens with zero attached hydrogens (tertiary/aromatic N) is 1. The van der Waals surface area contributed by atoms with Crippen LogP contribution >= 0.6 is 0 Å². The molecule has 0 aromatic heterocycles. The van der Waals surface area contributed by atoms with Gasteiger partial charge in [0.2, 0.25) is 5.91 Å². The van der Waals surface area contributed by atoms with Crippen molar-refractivity contribution in [2.45, 2.75) is 32.6 Å². The lowest BCUT2D eigenvalue weighted by Gasteiger charge is -2.38. The number of carbonyl (C=O) groups is 2. The molecule has 98 valence electrons. The fraction of sp³-hybridized carbons (Fsp3) is 0.833. The summed E-state index contributed by atoms with van der Waals surface area (Å²) in [5, 5.41) is 8.59. The maximum absolute atomic E-state index is 11.7. The number of amides is 1. The van der Waals surface area contributed by atoms with Gasteiger partial charge in [-0.15, -0.1) is 0 Å². The Balaban J connectivity index is 2.12. The number of carboxylic acid groups (broad SMARTS) is 1. The molecule has 5 nitrogen and oxygen atoms in total. The van der Waals surface area contributed by atoms with Gasteiger partial charge in [0.1, 0.15) is 0 Å². The fourth-order valence-corrected chi connectivity index (χ4v) is 2.11. The number of likely N-dealkylation sites (tertiary alicyclic amines) is 1. The lowest BCUT2D eigenvalue weighted by molar-refractivity contribution is -0.145. The molecule has 1 aliphatic heterocycles. The summed E-state index contributed by atoms with van der Waals surface area (Å²) < 4.78 is 0. The maximum Gasteiger partial charge on any atom is 0.303 e. The van der Waals surface area contributed by atoms with Crippen molar-refractivity contribution < 1.29 is 14.7 Å². The predicted molar refractivity (Wildman–Crippen MR) is 64.4 cm³/mol. The van der Waals surface area contributed by atoms with Crippen LogP contribution in [0.5, 0.6) is 0 Å². The van der Waals surface area contributed by atoms with E-state index in [1.807, 2.05) is 0 Å². The fourth-order valence-electron chi connectivity index (χ4n) is 2.11. The highest BCUT2D eigenvalue weighted by Gasteiger charge is 2.31. The lowest BCUT2D eigenvalue weighted by atomic mass is 9.95. The maximum atomic E-state index is 11.7. The number of aliphatic carboxylic acids is 1. The van der Waals surface area contributed by atoms with Crippen LogP contribution in [0.1, 0.15) is 32.6 Å². The molecule has 0 radical (unpaired) electrons. The Kier molecular flexibility index (Phi) is 5.41. The quantitative estimate of drug-likeness (QED) is 0.688. The molecule has 5 heteroatoms. The van der Waals surface area contributed by atoms with E-state index in [2.05, 4.69) is 6.92 Å². The first-order chi connectivity index (χ1) is 8.02. The van der Waals surface area contributed by atoms with Gasteiger partial charge in [-0.1, -0.05) is 6.92 Å². The van der Waals surface area contributed by atoms with Gasteiger partial charge in [-0.2, -0.15) is 0 Å². The summed E-state index contributed by atoms with van der Waals surface area (Å²) in [6, 6.07) is 0. The van der Waals surface area contributed by atoms with Crippen molar-refractivity contribution in [3.05, 3.63) is 0 Å². The summed E-state index contributed by atoms with van der Waals surface area (Å²) in [5.74, 6) is 0.00661. The predicted octanol–water partition coefficient (Wildman–Crippen LogP) is 0.685. The third kappa shape index (κ3) is 4.73. The van der Waals surface area contributed by atoms with Crippen molar-refractivity contribution in [3.8, 4) is 0 Å². The first-order valence-electron chi connectivity index (χ1n) is 6.22. The summed E-state index contributed by atoms with van der Waals surface area (Å²) in [5.41, 5.74) is 5.45. The minimum absolute atomic E-state index is 0.149. The Bertz CT molecular complexity index is 275. The molecule has 1 heterocycles. The van der Waals surface area contributed by atoms with Crippen LogP contribution in [0, 0.1) is 11.8 Å². The minimum Gasteiger partial charge on any atom is -0.481 e. The smallest absolute Gasteiger partial charge is 0.303 e. The molecule has 0 bridgehead atoms. The van der Waals surface area contributed by atoms with Crippen LogP contribution in [0.3, 0.4) is 0 Å². The van der Waals surface area contributed by atoms with E-state index in [1.54, 1.807) is 4.90 Å². The molecule has 1 atom stereocenters. The van der Waals surface area contributed by atoms with Crippen LogP contribution in [-0.4, -0.2) is 41.5 Å². The number of hydrogen-bond donors (Lipinski definition) is 2. The van der Waals surface area contributed by atoms with Crippen LogP contribution < -0.4 is 5.73 Å². The van der Waals surface area contributed by atoms with E-state index in [4.69, 9.17) is 10.8 Å². The topological polar surface area (TPSA) is 83.6 Å². The zero-order valence-electron chi connectivity index (χ0n) is 10.4. The SMILES string of the molecule is CC(CCN)CCC(=O)N1CC(CC(=O)O)C1. The highest BCUT2D eigenvalue weighted by atomic mass is 16.4. The molecule has 0 aromatic rings. The summed E-state index contributed by atoms with van der Waals surface area (Å²) >= 11 is 0. The van der Waals surface area contributed by atoms with Gasteiger partial charge in [-0.3, -0.25) is 9.59 Å². The van der Waals surface area contributed by atoms with Crippen LogP contribution in [0.2, 0.25) is 0 Å². The Labute approximate surface area is 102 Å². The lowest BCUT2D eigenvalue weighted by Crippen LogP contribution is -2.50. The third-order valence-electron chi connectivity index (χ3n) is 3.28. The van der Waals surface area contributed by atoms with Crippen molar-refractivity contribution in [2.75, 3.05) is 19.6 Å². The van der Waals surface area contributed by atoms with Gasteiger partial charge in [0.25, 0.3) is 0 Å². The number of hydrogen-bond acceptors (Lipinski definition) is 3. The average Bonchev–Trinajstić information content (AvgIpc) is 2.19. The molecule has 1 aliphatic rings. The largest absolute Gasteiger partial charge is 0.481 e. The van der Waals surface area contributed by atoms with E-state index in [0.717, 1.165) is 12.8 Å². The number of carbonyl (C=O) groups excluding carboxylic acids is 1. The Morgan fingerprint density at radius 2 is 2.06 bits per heavy atom. The van der Waals surface area contributed by atoms with E-state index < -0.39 is 5.97 Å². The first-order valence-corrected chi connectivity index (χ1v) is 6.22. The molecular formula is C12H22N2O3. The van der Waals surface area contributed by atoms with Gasteiger partial charge in [0.05, 0.1) is 6.42 Å². The third-order valence-corrected chi connectivity index (χ3v) is 3.28. The number of carboxylic acids is 1. The van der Waals surface area contributed by atoms with Gasteiger partial charge < -0.3 is 15.7 Å². The zero-order chi connectivity index (χ0) is 12.8. The molecule has 1 rings (SSSR count). The van der Waals surface area contributed by atoms with Crippen molar-refractivity contribution >= 4 is 11.9 Å². The van der Waals surface area contributed by atoms with Gasteiger partial charge in [-0.05, 0) is 25.3 Å². The van der Waals surface area contributed by atoms with E-state index in [1.165, 1.54) is 0 Å². The Morgan fingerprint density at radius 1 is 1.41 bits per heavy atom. The van der Waals surface area contributed by atoms with Crippen molar-refractivity contribution in [1.82, 2.24) is 4.90 Å². The second kappa shape index (κ2) is 6.59. The molecule has 1 amide bonds. The summed E-state index contributed by atoms with van der Waals surface area (Å²) in [4.78, 5) is 23.9. The standard InChI is InChI=1S/C12H22N2O3/c1-9(4-5-13)2-3-11(15)14-7-10(8-14)6-12(16)17/h9-10H,2-8,13H2,1H3,(H,16,17). The van der Waals surface area contributed by atoms with Gasteiger partial charge in [0.15, 0.2) is 0 Å². The second-order valence-electron chi connectivity index (χ2n) is 4.98. The molecular weight excluding hydrogens is 220 g/mol. The summed E-state index contributed by atoms with van der Waals surface area (Å²) in [6.07, 6.45) is 2.55. The average molecular weight is 242 g/mol. The summed E-state index contributed by atoms with van der Waals surface area (Å²) in [6.45, 7) is 3.98. The van der Waals surface area contributed by atoms with Crippen molar-refractivity contribution in [2.24, 2.45) is 17.6 Å². The van der Waals surface area contributed by atoms with Crippen molar-refractivity contribution in [3.63, 3.8) is 0 Å². The normalized spacial score (nSPS) is 17.6. The van der Waals surface area contributed by atoms with Crippen LogP contribution in [0.25, 0.3) is 0 Å². The highest BCUT2D eigenvalue weighted by Crippen LogP contribution is 2.21. The first kappa shape index (κ1) is 14.0. The van der Waals surface area contributed by atoms with Crippen LogP contribution in [0.15, 0.2) is 0 Å². The van der Waals surface area contributed by atoms with Crippen LogP contribution in [0.4, 0.5) is 0 Å². The monoisotopic (exact) mass is 242 g/mol. The molecule has 0 aliphatic carbocycles. The highest BCUT2D eigenvalue weighted by molar-refractivity contribution is 5.77. The van der Waals surface area contributed by atoms with Crippen molar-refractivity contribution in [1.29, 1.82) is 0 Å². The zero-order valence-corrected chi connectivity index (χ0v) is 10.4. The summed E-state index contributed by atoms with van der Waals surface area (Å²) in [7, 11) is 0. The van der Waals surface area contributed by atoms with Gasteiger partial charge in [0, 0.05) is 25.4 Å². The minimum atomic E-state index is -0.779. The number of nitrogens with two attached hydrogens (primary N) is 1. The van der Waals surface area contributed by atoms with E-state index in [9.17, 15) is 9.59 Å². The van der Waals surface area contributed by atoms with Crippen LogP contribution in [-0.2, 0) is 9.59 Å². The number of rotatable bonds is 7. The Hall–Kier alpha value is -1.10. The van der Waals surface area contributed by atoms with E-state index in [-0.39, 0.29) is 18.2 Å². The van der Waals surface area contributed by atoms with E-state index in [0.29, 0.717) is 32.0 Å². The van der Waals surface area contributed by atoms with E-state index >= 15 is 0 Å². The molecule has 1 unspecified atom stereocenters.